The molecule has 0 fully saturated rings. The standard InChI is InChI=1S/C16H16N6O2S/c1-10-13(18-15(24-10)11-4-3-9-25-11)14-17-6-8-22(14)7-5-12-19-20-16(23)21(12)2/h3-4,6,8-9H,5,7H2,1-2H3,(H,20,23). The molecule has 4 rings (SSSR count). The molecule has 8 nitrogen and oxygen atoms in total. The van der Waals surface area contributed by atoms with Gasteiger partial charge < -0.3 is 8.98 Å². The number of nitrogens with one attached hydrogen (secondary N) is 1. The Morgan fingerprint density at radius 1 is 1.40 bits per heavy atom. The number of rotatable bonds is 5. The first-order valence-electron chi connectivity index (χ1n) is 7.76. The fourth-order valence-electron chi connectivity index (χ4n) is 2.64. The van der Waals surface area contributed by atoms with Crippen molar-refractivity contribution in [3.05, 3.63) is 52.0 Å². The highest BCUT2D eigenvalue weighted by atomic mass is 32.1. The molecule has 4 aromatic rings. The van der Waals surface area contributed by atoms with Crippen LogP contribution < -0.4 is 5.69 Å². The average Bonchev–Trinajstić information content (AvgIpc) is 3.36. The molecule has 0 aliphatic carbocycles. The van der Waals surface area contributed by atoms with E-state index in [1.807, 2.05) is 35.2 Å². The van der Waals surface area contributed by atoms with E-state index in [-0.39, 0.29) is 5.69 Å². The lowest BCUT2D eigenvalue weighted by molar-refractivity contribution is 0.544. The summed E-state index contributed by atoms with van der Waals surface area (Å²) < 4.78 is 9.30. The van der Waals surface area contributed by atoms with E-state index in [4.69, 9.17) is 4.42 Å². The summed E-state index contributed by atoms with van der Waals surface area (Å²) in [4.78, 5) is 21.5. The Labute approximate surface area is 146 Å². The molecule has 0 spiro atoms. The van der Waals surface area contributed by atoms with Gasteiger partial charge in [-0.25, -0.2) is 19.9 Å². The van der Waals surface area contributed by atoms with Gasteiger partial charge in [0.05, 0.1) is 4.88 Å². The molecule has 0 aliphatic rings. The number of oxazole rings is 1. The lowest BCUT2D eigenvalue weighted by atomic mass is 10.3. The van der Waals surface area contributed by atoms with Crippen LogP contribution in [0.3, 0.4) is 0 Å². The second kappa shape index (κ2) is 6.17. The number of aryl methyl sites for hydroxylation is 3. The molecular weight excluding hydrogens is 340 g/mol. The Morgan fingerprint density at radius 2 is 2.28 bits per heavy atom. The van der Waals surface area contributed by atoms with E-state index in [1.165, 1.54) is 4.57 Å². The highest BCUT2D eigenvalue weighted by Gasteiger charge is 2.18. The summed E-state index contributed by atoms with van der Waals surface area (Å²) >= 11 is 1.58. The first kappa shape index (κ1) is 15.6. The Kier molecular flexibility index (Phi) is 3.85. The molecule has 0 aromatic carbocycles. The molecule has 0 unspecified atom stereocenters. The van der Waals surface area contributed by atoms with Crippen molar-refractivity contribution in [1.29, 1.82) is 0 Å². The lowest BCUT2D eigenvalue weighted by Gasteiger charge is -2.05. The first-order valence-corrected chi connectivity index (χ1v) is 8.64. The first-order chi connectivity index (χ1) is 12.1. The maximum Gasteiger partial charge on any atom is 0.343 e. The van der Waals surface area contributed by atoms with Crippen LogP contribution in [-0.2, 0) is 20.0 Å². The van der Waals surface area contributed by atoms with Crippen LogP contribution in [0.25, 0.3) is 22.3 Å². The molecule has 128 valence electrons. The summed E-state index contributed by atoms with van der Waals surface area (Å²) in [5, 5.41) is 8.47. The van der Waals surface area contributed by atoms with Gasteiger partial charge in [-0.2, -0.15) is 5.10 Å². The second-order valence-corrected chi connectivity index (χ2v) is 6.55. The normalized spacial score (nSPS) is 11.3. The zero-order valence-electron chi connectivity index (χ0n) is 13.8. The number of imidazole rings is 1. The van der Waals surface area contributed by atoms with Gasteiger partial charge in [-0.3, -0.25) is 4.57 Å². The fraction of sp³-hybridized carbons (Fsp3) is 0.250. The molecule has 0 bridgehead atoms. The third kappa shape index (κ3) is 2.82. The number of H-pyrrole nitrogens is 1. The van der Waals surface area contributed by atoms with Gasteiger partial charge in [0, 0.05) is 32.4 Å². The minimum absolute atomic E-state index is 0.214. The van der Waals surface area contributed by atoms with Gasteiger partial charge in [-0.05, 0) is 18.4 Å². The van der Waals surface area contributed by atoms with Crippen LogP contribution in [-0.4, -0.2) is 29.3 Å². The number of aromatic nitrogens is 6. The molecule has 4 aromatic heterocycles. The fourth-order valence-corrected chi connectivity index (χ4v) is 3.29. The van der Waals surface area contributed by atoms with Crippen molar-refractivity contribution in [2.75, 3.05) is 0 Å². The quantitative estimate of drug-likeness (QED) is 0.592. The topological polar surface area (TPSA) is 94.5 Å². The summed E-state index contributed by atoms with van der Waals surface area (Å²) in [6.07, 6.45) is 4.23. The van der Waals surface area contributed by atoms with Crippen molar-refractivity contribution in [3.8, 4) is 22.3 Å². The van der Waals surface area contributed by atoms with Crippen LogP contribution in [0, 0.1) is 6.92 Å². The number of nitrogens with zero attached hydrogens (tertiary/aromatic N) is 5. The van der Waals surface area contributed by atoms with Gasteiger partial charge in [-0.15, -0.1) is 11.3 Å². The molecule has 0 radical (unpaired) electrons. The molecule has 0 saturated carbocycles. The number of hydrogen-bond acceptors (Lipinski definition) is 6. The molecule has 1 N–H and O–H groups in total. The number of hydrogen-bond donors (Lipinski definition) is 1. The minimum Gasteiger partial charge on any atom is -0.440 e. The summed E-state index contributed by atoms with van der Waals surface area (Å²) in [5.74, 6) is 2.76. The monoisotopic (exact) mass is 356 g/mol. The number of thiophene rings is 1. The van der Waals surface area contributed by atoms with E-state index in [0.29, 0.717) is 24.7 Å². The van der Waals surface area contributed by atoms with E-state index in [1.54, 1.807) is 24.6 Å². The summed E-state index contributed by atoms with van der Waals surface area (Å²) in [7, 11) is 1.70. The Morgan fingerprint density at radius 3 is 3.00 bits per heavy atom. The lowest BCUT2D eigenvalue weighted by Crippen LogP contribution is -2.15. The molecule has 0 amide bonds. The van der Waals surface area contributed by atoms with E-state index >= 15 is 0 Å². The van der Waals surface area contributed by atoms with Crippen molar-refractivity contribution < 1.29 is 4.42 Å². The number of aromatic amines is 1. The van der Waals surface area contributed by atoms with Crippen LogP contribution in [0.5, 0.6) is 0 Å². The van der Waals surface area contributed by atoms with E-state index < -0.39 is 0 Å². The van der Waals surface area contributed by atoms with Crippen LogP contribution >= 0.6 is 11.3 Å². The van der Waals surface area contributed by atoms with Crippen LogP contribution in [0.1, 0.15) is 11.6 Å². The van der Waals surface area contributed by atoms with Gasteiger partial charge >= 0.3 is 5.69 Å². The van der Waals surface area contributed by atoms with Gasteiger partial charge in [-0.1, -0.05) is 6.07 Å². The van der Waals surface area contributed by atoms with Crippen molar-refractivity contribution in [2.45, 2.75) is 19.9 Å². The Balaban J connectivity index is 1.61. The third-order valence-electron chi connectivity index (χ3n) is 4.00. The van der Waals surface area contributed by atoms with Gasteiger partial charge in [0.1, 0.15) is 17.3 Å². The summed E-state index contributed by atoms with van der Waals surface area (Å²) in [5.41, 5.74) is 0.512. The van der Waals surface area contributed by atoms with Crippen molar-refractivity contribution in [1.82, 2.24) is 29.3 Å². The molecule has 0 aliphatic heterocycles. The molecule has 4 heterocycles. The van der Waals surface area contributed by atoms with E-state index in [9.17, 15) is 4.79 Å². The van der Waals surface area contributed by atoms with Crippen molar-refractivity contribution in [3.63, 3.8) is 0 Å². The van der Waals surface area contributed by atoms with Gasteiger partial charge in [0.2, 0.25) is 5.89 Å². The van der Waals surface area contributed by atoms with Gasteiger partial charge in [0.15, 0.2) is 5.82 Å². The largest absolute Gasteiger partial charge is 0.440 e. The maximum atomic E-state index is 11.5. The predicted molar refractivity (Wildman–Crippen MR) is 93.3 cm³/mol. The van der Waals surface area contributed by atoms with Crippen LogP contribution in [0.2, 0.25) is 0 Å². The van der Waals surface area contributed by atoms with Crippen molar-refractivity contribution >= 4 is 11.3 Å². The molecule has 25 heavy (non-hydrogen) atoms. The molecule has 9 heteroatoms. The van der Waals surface area contributed by atoms with Gasteiger partial charge in [0.25, 0.3) is 0 Å². The Hall–Kier alpha value is -2.94. The smallest absolute Gasteiger partial charge is 0.343 e. The summed E-state index contributed by atoms with van der Waals surface area (Å²) in [6.45, 7) is 2.52. The van der Waals surface area contributed by atoms with Crippen LogP contribution in [0.4, 0.5) is 0 Å². The van der Waals surface area contributed by atoms with E-state index in [0.717, 1.165) is 22.2 Å². The minimum atomic E-state index is -0.214. The SMILES string of the molecule is Cc1oc(-c2cccs2)nc1-c1nccn1CCc1n[nH]c(=O)n1C. The second-order valence-electron chi connectivity index (χ2n) is 5.60. The molecular formula is C16H16N6O2S. The van der Waals surface area contributed by atoms with Crippen LogP contribution in [0.15, 0.2) is 39.1 Å². The third-order valence-corrected chi connectivity index (χ3v) is 4.86. The Bertz CT molecular complexity index is 1050. The molecule has 0 saturated heterocycles. The zero-order valence-corrected chi connectivity index (χ0v) is 14.6. The molecule has 0 atom stereocenters. The highest BCUT2D eigenvalue weighted by Crippen LogP contribution is 2.30. The summed E-state index contributed by atoms with van der Waals surface area (Å²) in [6, 6.07) is 3.94. The van der Waals surface area contributed by atoms with Crippen molar-refractivity contribution in [2.24, 2.45) is 7.05 Å². The average molecular weight is 356 g/mol. The highest BCUT2D eigenvalue weighted by molar-refractivity contribution is 7.13. The predicted octanol–water partition coefficient (Wildman–Crippen LogP) is 2.24. The zero-order chi connectivity index (χ0) is 17.4. The van der Waals surface area contributed by atoms with E-state index in [2.05, 4.69) is 20.2 Å². The maximum absolute atomic E-state index is 11.5.